The standard InChI is InChI=1S/C19H32O3/c1-18-5-4-14-13(15(18)8-12(21)10-18)9-17(22)16-7-11(20)3-6-19(14,16)2/h11-17,20-22H,3-10H2,1-2H3/t11?,12-,13?,14?,15?,16-,17+,18?,19?/m1/s1. The zero-order valence-corrected chi connectivity index (χ0v) is 14.0. The van der Waals surface area contributed by atoms with Crippen LogP contribution in [-0.4, -0.2) is 33.6 Å². The van der Waals surface area contributed by atoms with Gasteiger partial charge in [-0.15, -0.1) is 0 Å². The molecule has 3 nitrogen and oxygen atoms in total. The van der Waals surface area contributed by atoms with Crippen LogP contribution in [0.4, 0.5) is 0 Å². The van der Waals surface area contributed by atoms with Crippen LogP contribution in [0.25, 0.3) is 0 Å². The fraction of sp³-hybridized carbons (Fsp3) is 1.00. The van der Waals surface area contributed by atoms with E-state index in [-0.39, 0.29) is 35.1 Å². The summed E-state index contributed by atoms with van der Waals surface area (Å²) in [5, 5.41) is 31.1. The van der Waals surface area contributed by atoms with E-state index >= 15 is 0 Å². The summed E-state index contributed by atoms with van der Waals surface area (Å²) in [6, 6.07) is 0. The van der Waals surface area contributed by atoms with Gasteiger partial charge in [0.15, 0.2) is 0 Å². The molecule has 0 radical (unpaired) electrons. The summed E-state index contributed by atoms with van der Waals surface area (Å²) in [5.41, 5.74) is 0.480. The van der Waals surface area contributed by atoms with E-state index in [1.54, 1.807) is 0 Å². The maximum atomic E-state index is 10.8. The quantitative estimate of drug-likeness (QED) is 0.645. The Morgan fingerprint density at radius 1 is 0.773 bits per heavy atom. The van der Waals surface area contributed by atoms with Gasteiger partial charge < -0.3 is 15.3 Å². The molecule has 4 aliphatic rings. The molecule has 4 rings (SSSR count). The van der Waals surface area contributed by atoms with Crippen molar-refractivity contribution in [2.75, 3.05) is 0 Å². The molecule has 3 N–H and O–H groups in total. The lowest BCUT2D eigenvalue weighted by molar-refractivity contribution is -0.167. The third-order valence-electron chi connectivity index (χ3n) is 8.40. The third-order valence-corrected chi connectivity index (χ3v) is 8.40. The minimum Gasteiger partial charge on any atom is -0.393 e. The smallest absolute Gasteiger partial charge is 0.0577 e. The molecule has 6 unspecified atom stereocenters. The molecule has 4 fully saturated rings. The van der Waals surface area contributed by atoms with Crippen LogP contribution in [0.5, 0.6) is 0 Å². The second-order valence-electron chi connectivity index (χ2n) is 9.51. The molecular formula is C19H32O3. The van der Waals surface area contributed by atoms with Crippen LogP contribution >= 0.6 is 0 Å². The maximum absolute atomic E-state index is 10.8. The highest BCUT2D eigenvalue weighted by Gasteiger charge is 2.61. The number of hydrogen-bond donors (Lipinski definition) is 3. The Bertz CT molecular complexity index is 452. The monoisotopic (exact) mass is 308 g/mol. The molecule has 0 aromatic rings. The molecule has 9 atom stereocenters. The van der Waals surface area contributed by atoms with E-state index in [0.29, 0.717) is 17.8 Å². The van der Waals surface area contributed by atoms with Gasteiger partial charge in [0.05, 0.1) is 18.3 Å². The Hall–Kier alpha value is -0.120. The molecule has 0 aromatic heterocycles. The van der Waals surface area contributed by atoms with Crippen LogP contribution in [0.3, 0.4) is 0 Å². The molecule has 0 aromatic carbocycles. The fourth-order valence-electron chi connectivity index (χ4n) is 7.30. The summed E-state index contributed by atoms with van der Waals surface area (Å²) in [7, 11) is 0. The normalized spacial score (nSPS) is 61.2. The van der Waals surface area contributed by atoms with E-state index in [2.05, 4.69) is 13.8 Å². The summed E-state index contributed by atoms with van der Waals surface area (Å²) in [6.45, 7) is 4.76. The summed E-state index contributed by atoms with van der Waals surface area (Å²) in [6.07, 6.45) is 7.39. The van der Waals surface area contributed by atoms with E-state index in [0.717, 1.165) is 38.5 Å². The first kappa shape index (κ1) is 15.4. The van der Waals surface area contributed by atoms with Gasteiger partial charge in [-0.25, -0.2) is 0 Å². The molecule has 4 aliphatic carbocycles. The van der Waals surface area contributed by atoms with Crippen LogP contribution in [0.15, 0.2) is 0 Å². The second-order valence-corrected chi connectivity index (χ2v) is 9.51. The highest BCUT2D eigenvalue weighted by atomic mass is 16.3. The Kier molecular flexibility index (Phi) is 3.46. The van der Waals surface area contributed by atoms with Crippen LogP contribution in [0, 0.1) is 34.5 Å². The highest BCUT2D eigenvalue weighted by molar-refractivity contribution is 5.10. The minimum atomic E-state index is -0.263. The van der Waals surface area contributed by atoms with Crippen LogP contribution < -0.4 is 0 Å². The lowest BCUT2D eigenvalue weighted by Gasteiger charge is -2.61. The molecule has 0 spiro atoms. The molecule has 126 valence electrons. The van der Waals surface area contributed by atoms with Gasteiger partial charge in [0, 0.05) is 0 Å². The molecule has 0 amide bonds. The summed E-state index contributed by atoms with van der Waals surface area (Å²) >= 11 is 0. The summed E-state index contributed by atoms with van der Waals surface area (Å²) in [4.78, 5) is 0. The van der Waals surface area contributed by atoms with Gasteiger partial charge in [0.1, 0.15) is 0 Å². The molecule has 4 saturated carbocycles. The molecule has 0 saturated heterocycles. The largest absolute Gasteiger partial charge is 0.393 e. The molecule has 3 heteroatoms. The molecular weight excluding hydrogens is 276 g/mol. The molecule has 22 heavy (non-hydrogen) atoms. The fourth-order valence-corrected chi connectivity index (χ4v) is 7.30. The van der Waals surface area contributed by atoms with Crippen molar-refractivity contribution in [3.63, 3.8) is 0 Å². The van der Waals surface area contributed by atoms with Crippen molar-refractivity contribution in [1.29, 1.82) is 0 Å². The predicted octanol–water partition coefficient (Wildman–Crippen LogP) is 2.72. The maximum Gasteiger partial charge on any atom is 0.0577 e. The molecule has 0 heterocycles. The van der Waals surface area contributed by atoms with Crippen molar-refractivity contribution in [1.82, 2.24) is 0 Å². The summed E-state index contributed by atoms with van der Waals surface area (Å²) < 4.78 is 0. The summed E-state index contributed by atoms with van der Waals surface area (Å²) in [5.74, 6) is 2.10. The van der Waals surface area contributed by atoms with Crippen molar-refractivity contribution in [3.8, 4) is 0 Å². The Labute approximate surface area is 134 Å². The Morgan fingerprint density at radius 2 is 1.50 bits per heavy atom. The predicted molar refractivity (Wildman–Crippen MR) is 85.1 cm³/mol. The topological polar surface area (TPSA) is 60.7 Å². The molecule has 0 aliphatic heterocycles. The van der Waals surface area contributed by atoms with E-state index < -0.39 is 0 Å². The van der Waals surface area contributed by atoms with Gasteiger partial charge in [0.2, 0.25) is 0 Å². The van der Waals surface area contributed by atoms with Crippen LogP contribution in [0.1, 0.15) is 65.2 Å². The second kappa shape index (κ2) is 4.94. The number of rotatable bonds is 0. The van der Waals surface area contributed by atoms with Crippen molar-refractivity contribution >= 4 is 0 Å². The number of aliphatic hydroxyl groups is 3. The van der Waals surface area contributed by atoms with Crippen molar-refractivity contribution in [3.05, 3.63) is 0 Å². The van der Waals surface area contributed by atoms with Crippen molar-refractivity contribution in [2.45, 2.75) is 83.5 Å². The van der Waals surface area contributed by atoms with Crippen molar-refractivity contribution in [2.24, 2.45) is 34.5 Å². The van der Waals surface area contributed by atoms with Gasteiger partial charge in [0.25, 0.3) is 0 Å². The average molecular weight is 308 g/mol. The SMILES string of the molecule is CC12CCC3C(C[C@H](O)[C@H]4CC(O)CCC34C)C1C[C@@H](O)C2. The highest BCUT2D eigenvalue weighted by Crippen LogP contribution is 2.66. The first-order valence-corrected chi connectivity index (χ1v) is 9.38. The minimum absolute atomic E-state index is 0.135. The van der Waals surface area contributed by atoms with E-state index in [4.69, 9.17) is 0 Å². The number of hydrogen-bond acceptors (Lipinski definition) is 3. The molecule has 0 bridgehead atoms. The number of fused-ring (bicyclic) bond motifs is 5. The van der Waals surface area contributed by atoms with E-state index in [1.165, 1.54) is 12.8 Å². The third kappa shape index (κ3) is 2.04. The van der Waals surface area contributed by atoms with Crippen LogP contribution in [-0.2, 0) is 0 Å². The first-order chi connectivity index (χ1) is 10.3. The van der Waals surface area contributed by atoms with Crippen LogP contribution in [0.2, 0.25) is 0 Å². The van der Waals surface area contributed by atoms with E-state index in [9.17, 15) is 15.3 Å². The zero-order chi connectivity index (χ0) is 15.7. The number of aliphatic hydroxyl groups excluding tert-OH is 3. The van der Waals surface area contributed by atoms with Crippen molar-refractivity contribution < 1.29 is 15.3 Å². The zero-order valence-electron chi connectivity index (χ0n) is 14.0. The van der Waals surface area contributed by atoms with Gasteiger partial charge in [-0.05, 0) is 85.9 Å². The van der Waals surface area contributed by atoms with Gasteiger partial charge in [-0.2, -0.15) is 0 Å². The van der Waals surface area contributed by atoms with Gasteiger partial charge in [-0.3, -0.25) is 0 Å². The van der Waals surface area contributed by atoms with E-state index in [1.807, 2.05) is 0 Å². The lowest BCUT2D eigenvalue weighted by Crippen LogP contribution is -2.57. The Morgan fingerprint density at radius 3 is 2.27 bits per heavy atom. The average Bonchev–Trinajstić information content (AvgIpc) is 2.76. The lowest BCUT2D eigenvalue weighted by atomic mass is 9.44. The Balaban J connectivity index is 1.66. The first-order valence-electron chi connectivity index (χ1n) is 9.38. The van der Waals surface area contributed by atoms with Gasteiger partial charge in [-0.1, -0.05) is 13.8 Å². The van der Waals surface area contributed by atoms with Gasteiger partial charge >= 0.3 is 0 Å².